The number of hydrogen-bond donors (Lipinski definition) is 2. The third-order valence-electron chi connectivity index (χ3n) is 4.24. The molecule has 3 aromatic heterocycles. The summed E-state index contributed by atoms with van der Waals surface area (Å²) in [6, 6.07) is 6.61. The van der Waals surface area contributed by atoms with E-state index in [0.29, 0.717) is 5.56 Å². The Morgan fingerprint density at radius 2 is 2.10 bits per heavy atom. The van der Waals surface area contributed by atoms with Crippen LogP contribution in [0.25, 0.3) is 27.8 Å². The van der Waals surface area contributed by atoms with E-state index in [1.807, 2.05) is 0 Å². The predicted octanol–water partition coefficient (Wildman–Crippen LogP) is 3.63. The molecular weight excluding hydrogens is 436 g/mol. The zero-order valence-electron chi connectivity index (χ0n) is 14.9. The number of benzene rings is 1. The number of aromatic amines is 1. The van der Waals surface area contributed by atoms with E-state index in [0.717, 1.165) is 28.2 Å². The summed E-state index contributed by atoms with van der Waals surface area (Å²) in [6.07, 6.45) is 1.21. The third kappa shape index (κ3) is 3.24. The van der Waals surface area contributed by atoms with Crippen LogP contribution in [0.5, 0.6) is 0 Å². The van der Waals surface area contributed by atoms with Gasteiger partial charge in [0.2, 0.25) is 0 Å². The van der Waals surface area contributed by atoms with Gasteiger partial charge >= 0.3 is 0 Å². The Kier molecular flexibility index (Phi) is 5.07. The van der Waals surface area contributed by atoms with Crippen molar-refractivity contribution in [2.24, 2.45) is 0 Å². The number of rotatable bonds is 4. The molecule has 1 amide bonds. The molecule has 7 nitrogen and oxygen atoms in total. The number of carbonyl (C=O) groups is 1. The number of thiophene rings is 1. The quantitative estimate of drug-likeness (QED) is 0.468. The SMILES string of the molecule is N#CCNC(=O)c1cc(-c2nn(-c3c(F)cccc3F)c3c(Cl)c[nH]c(=O)c23)cs1. The van der Waals surface area contributed by atoms with Gasteiger partial charge in [0.25, 0.3) is 11.5 Å². The molecule has 0 unspecified atom stereocenters. The van der Waals surface area contributed by atoms with E-state index in [9.17, 15) is 18.4 Å². The minimum Gasteiger partial charge on any atom is -0.338 e. The number of pyridine rings is 1. The Labute approximate surface area is 176 Å². The lowest BCUT2D eigenvalue weighted by Crippen LogP contribution is -2.22. The lowest BCUT2D eigenvalue weighted by atomic mass is 10.1. The molecule has 0 aliphatic rings. The van der Waals surface area contributed by atoms with E-state index < -0.39 is 28.8 Å². The van der Waals surface area contributed by atoms with Crippen molar-refractivity contribution in [1.29, 1.82) is 5.26 Å². The fourth-order valence-corrected chi connectivity index (χ4v) is 4.00. The highest BCUT2D eigenvalue weighted by Gasteiger charge is 2.24. The monoisotopic (exact) mass is 445 g/mol. The topological polar surface area (TPSA) is 104 Å². The first kappa shape index (κ1) is 19.8. The molecule has 0 aliphatic carbocycles. The Bertz CT molecular complexity index is 1380. The van der Waals surface area contributed by atoms with E-state index in [4.69, 9.17) is 16.9 Å². The summed E-state index contributed by atoms with van der Waals surface area (Å²) in [5.74, 6) is -2.24. The van der Waals surface area contributed by atoms with Crippen LogP contribution in [-0.2, 0) is 0 Å². The number of para-hydroxylation sites is 1. The van der Waals surface area contributed by atoms with Crippen molar-refractivity contribution in [3.63, 3.8) is 0 Å². The number of nitrogens with zero attached hydrogens (tertiary/aromatic N) is 3. The molecule has 0 saturated carbocycles. The van der Waals surface area contributed by atoms with Crippen LogP contribution in [0.2, 0.25) is 5.02 Å². The van der Waals surface area contributed by atoms with Crippen molar-refractivity contribution in [1.82, 2.24) is 20.1 Å². The minimum absolute atomic E-state index is 0.0203. The molecule has 1 aromatic carbocycles. The van der Waals surface area contributed by atoms with Gasteiger partial charge in [-0.25, -0.2) is 13.5 Å². The molecular formula is C19H10ClF2N5O2S. The summed E-state index contributed by atoms with van der Waals surface area (Å²) >= 11 is 7.30. The summed E-state index contributed by atoms with van der Waals surface area (Å²) in [5, 5.41) is 16.9. The van der Waals surface area contributed by atoms with E-state index in [1.165, 1.54) is 18.3 Å². The van der Waals surface area contributed by atoms with Crippen molar-refractivity contribution in [2.75, 3.05) is 6.54 Å². The normalized spacial score (nSPS) is 10.9. The number of nitriles is 1. The molecule has 2 N–H and O–H groups in total. The molecule has 4 aromatic rings. The molecule has 0 fully saturated rings. The highest BCUT2D eigenvalue weighted by atomic mass is 35.5. The zero-order valence-corrected chi connectivity index (χ0v) is 16.4. The van der Waals surface area contributed by atoms with Crippen LogP contribution < -0.4 is 10.9 Å². The second kappa shape index (κ2) is 7.70. The van der Waals surface area contributed by atoms with Gasteiger partial charge in [0.05, 0.1) is 21.4 Å². The number of H-pyrrole nitrogens is 1. The average Bonchev–Trinajstić information content (AvgIpc) is 3.35. The van der Waals surface area contributed by atoms with Crippen LogP contribution in [0.3, 0.4) is 0 Å². The number of aromatic nitrogens is 3. The summed E-state index contributed by atoms with van der Waals surface area (Å²) in [6.45, 7) is -0.161. The van der Waals surface area contributed by atoms with Gasteiger partial charge in [-0.2, -0.15) is 10.4 Å². The van der Waals surface area contributed by atoms with Gasteiger partial charge < -0.3 is 10.3 Å². The summed E-state index contributed by atoms with van der Waals surface area (Å²) < 4.78 is 29.8. The first-order valence-corrected chi connectivity index (χ1v) is 9.66. The maximum Gasteiger partial charge on any atom is 0.262 e. The van der Waals surface area contributed by atoms with Crippen molar-refractivity contribution >= 4 is 39.7 Å². The van der Waals surface area contributed by atoms with Crippen LogP contribution in [0.4, 0.5) is 8.78 Å². The Morgan fingerprint density at radius 1 is 1.37 bits per heavy atom. The first-order chi connectivity index (χ1) is 14.4. The van der Waals surface area contributed by atoms with Crippen LogP contribution in [0.15, 0.2) is 40.6 Å². The number of amides is 1. The number of carbonyl (C=O) groups excluding carboxylic acids is 1. The highest BCUT2D eigenvalue weighted by Crippen LogP contribution is 2.34. The number of fused-ring (bicyclic) bond motifs is 1. The summed E-state index contributed by atoms with van der Waals surface area (Å²) in [4.78, 5) is 27.4. The highest BCUT2D eigenvalue weighted by molar-refractivity contribution is 7.12. The number of nitrogens with one attached hydrogen (secondary N) is 2. The lowest BCUT2D eigenvalue weighted by molar-refractivity contribution is 0.0962. The minimum atomic E-state index is -0.885. The molecule has 0 atom stereocenters. The zero-order chi connectivity index (χ0) is 21.4. The Hall–Kier alpha value is -3.55. The van der Waals surface area contributed by atoms with Gasteiger partial charge in [0.15, 0.2) is 11.6 Å². The van der Waals surface area contributed by atoms with Crippen molar-refractivity contribution in [3.05, 3.63) is 67.7 Å². The van der Waals surface area contributed by atoms with E-state index in [-0.39, 0.29) is 33.0 Å². The molecule has 150 valence electrons. The Balaban J connectivity index is 1.96. The van der Waals surface area contributed by atoms with Crippen LogP contribution >= 0.6 is 22.9 Å². The largest absolute Gasteiger partial charge is 0.338 e. The van der Waals surface area contributed by atoms with E-state index in [2.05, 4.69) is 15.4 Å². The molecule has 30 heavy (non-hydrogen) atoms. The maximum absolute atomic E-state index is 14.4. The number of halogens is 3. The molecule has 0 saturated heterocycles. The van der Waals surface area contributed by atoms with Gasteiger partial charge in [-0.05, 0) is 18.2 Å². The van der Waals surface area contributed by atoms with Gasteiger partial charge in [-0.1, -0.05) is 17.7 Å². The summed E-state index contributed by atoms with van der Waals surface area (Å²) in [7, 11) is 0. The van der Waals surface area contributed by atoms with E-state index in [1.54, 1.807) is 11.4 Å². The van der Waals surface area contributed by atoms with E-state index >= 15 is 0 Å². The summed E-state index contributed by atoms with van der Waals surface area (Å²) in [5.41, 5.74) is -0.527. The van der Waals surface area contributed by atoms with Crippen molar-refractivity contribution in [2.45, 2.75) is 0 Å². The Morgan fingerprint density at radius 3 is 2.80 bits per heavy atom. The van der Waals surface area contributed by atoms with Crippen LogP contribution in [0, 0.1) is 23.0 Å². The van der Waals surface area contributed by atoms with Gasteiger partial charge in [0, 0.05) is 17.1 Å². The fourth-order valence-electron chi connectivity index (χ4n) is 2.96. The van der Waals surface area contributed by atoms with Crippen molar-refractivity contribution < 1.29 is 13.6 Å². The standard InChI is InChI=1S/C19H10ClF2N5O2S/c20-10-7-25-19(29)14-15(9-6-13(30-8-9)18(28)24-5-4-23)26-27(16(10)14)17-11(21)2-1-3-12(17)22/h1-3,6-8H,5H2,(H,24,28)(H,25,29). The third-order valence-corrected chi connectivity index (χ3v) is 5.46. The molecule has 3 heterocycles. The molecule has 4 rings (SSSR count). The van der Waals surface area contributed by atoms with Gasteiger partial charge in [-0.3, -0.25) is 9.59 Å². The fraction of sp³-hybridized carbons (Fsp3) is 0.0526. The second-order valence-electron chi connectivity index (χ2n) is 6.06. The molecule has 0 bridgehead atoms. The maximum atomic E-state index is 14.4. The predicted molar refractivity (Wildman–Crippen MR) is 108 cm³/mol. The molecule has 0 aliphatic heterocycles. The van der Waals surface area contributed by atoms with Crippen molar-refractivity contribution in [3.8, 4) is 23.0 Å². The number of hydrogen-bond acceptors (Lipinski definition) is 5. The second-order valence-corrected chi connectivity index (χ2v) is 7.38. The smallest absolute Gasteiger partial charge is 0.262 e. The van der Waals surface area contributed by atoms with Gasteiger partial charge in [0.1, 0.15) is 23.4 Å². The van der Waals surface area contributed by atoms with Crippen LogP contribution in [0.1, 0.15) is 9.67 Å². The molecule has 0 spiro atoms. The first-order valence-electron chi connectivity index (χ1n) is 8.40. The molecule has 0 radical (unpaired) electrons. The van der Waals surface area contributed by atoms with Crippen LogP contribution in [-0.4, -0.2) is 27.2 Å². The molecule has 11 heteroatoms. The average molecular weight is 446 g/mol. The lowest BCUT2D eigenvalue weighted by Gasteiger charge is -2.06. The van der Waals surface area contributed by atoms with Gasteiger partial charge in [-0.15, -0.1) is 11.3 Å².